The summed E-state index contributed by atoms with van der Waals surface area (Å²) in [5.41, 5.74) is 0. The summed E-state index contributed by atoms with van der Waals surface area (Å²) in [5.74, 6) is -1.91. The first kappa shape index (κ1) is 11.9. The predicted octanol–water partition coefficient (Wildman–Crippen LogP) is 0.986. The van der Waals surface area contributed by atoms with Gasteiger partial charge >= 0.3 is 6.18 Å². The summed E-state index contributed by atoms with van der Waals surface area (Å²) in [5, 5.41) is 0. The highest BCUT2D eigenvalue weighted by Gasteiger charge is 2.32. The standard InChI is InChI=1S/C7H10F3NO2/c1-3-5(12)6(13)11(2)4-7(8,9)10/h3-4H2,1-2H3. The van der Waals surface area contributed by atoms with E-state index in [2.05, 4.69) is 0 Å². The fourth-order valence-corrected chi connectivity index (χ4v) is 0.705. The van der Waals surface area contributed by atoms with Crippen molar-refractivity contribution in [1.29, 1.82) is 0 Å². The van der Waals surface area contributed by atoms with Crippen LogP contribution in [-0.4, -0.2) is 36.4 Å². The van der Waals surface area contributed by atoms with E-state index in [1.807, 2.05) is 0 Å². The molecule has 0 bridgehead atoms. The molecule has 0 heterocycles. The summed E-state index contributed by atoms with van der Waals surface area (Å²) in [6, 6.07) is 0. The first-order valence-electron chi connectivity index (χ1n) is 3.63. The molecule has 0 aliphatic carbocycles. The number of rotatable bonds is 3. The lowest BCUT2D eigenvalue weighted by molar-refractivity contribution is -0.161. The number of likely N-dealkylation sites (N-methyl/N-ethyl adjacent to an activating group) is 1. The highest BCUT2D eigenvalue weighted by molar-refractivity contribution is 6.35. The number of alkyl halides is 3. The molecule has 0 aromatic heterocycles. The lowest BCUT2D eigenvalue weighted by atomic mass is 10.3. The monoisotopic (exact) mass is 197 g/mol. The summed E-state index contributed by atoms with van der Waals surface area (Å²) < 4.78 is 35.2. The Kier molecular flexibility index (Phi) is 3.90. The van der Waals surface area contributed by atoms with Crippen LogP contribution in [0.4, 0.5) is 13.2 Å². The van der Waals surface area contributed by atoms with Crippen molar-refractivity contribution in [3.63, 3.8) is 0 Å². The molecule has 0 rings (SSSR count). The first-order valence-corrected chi connectivity index (χ1v) is 3.63. The van der Waals surface area contributed by atoms with Crippen LogP contribution >= 0.6 is 0 Å². The van der Waals surface area contributed by atoms with Crippen molar-refractivity contribution in [2.45, 2.75) is 19.5 Å². The molecule has 0 fully saturated rings. The van der Waals surface area contributed by atoms with E-state index in [1.54, 1.807) is 0 Å². The summed E-state index contributed by atoms with van der Waals surface area (Å²) in [6.45, 7) is 0.0270. The topological polar surface area (TPSA) is 37.4 Å². The lowest BCUT2D eigenvalue weighted by Crippen LogP contribution is -2.39. The molecular formula is C7H10F3NO2. The van der Waals surface area contributed by atoms with Crippen LogP contribution < -0.4 is 0 Å². The minimum Gasteiger partial charge on any atom is -0.330 e. The quantitative estimate of drug-likeness (QED) is 0.632. The van der Waals surface area contributed by atoms with E-state index in [4.69, 9.17) is 0 Å². The van der Waals surface area contributed by atoms with Gasteiger partial charge in [-0.2, -0.15) is 13.2 Å². The second kappa shape index (κ2) is 4.25. The van der Waals surface area contributed by atoms with E-state index < -0.39 is 24.4 Å². The van der Waals surface area contributed by atoms with Crippen molar-refractivity contribution in [2.24, 2.45) is 0 Å². The van der Waals surface area contributed by atoms with Crippen molar-refractivity contribution < 1.29 is 22.8 Å². The van der Waals surface area contributed by atoms with Crippen LogP contribution in [0.5, 0.6) is 0 Å². The second-order valence-corrected chi connectivity index (χ2v) is 2.55. The minimum absolute atomic E-state index is 0.0823. The molecule has 0 spiro atoms. The predicted molar refractivity (Wildman–Crippen MR) is 39.0 cm³/mol. The fourth-order valence-electron chi connectivity index (χ4n) is 0.705. The molecule has 6 heteroatoms. The Bertz CT molecular complexity index is 212. The van der Waals surface area contributed by atoms with E-state index in [0.717, 1.165) is 7.05 Å². The van der Waals surface area contributed by atoms with Crippen molar-refractivity contribution in [3.8, 4) is 0 Å². The molecule has 0 saturated heterocycles. The smallest absolute Gasteiger partial charge is 0.330 e. The van der Waals surface area contributed by atoms with E-state index in [0.29, 0.717) is 4.90 Å². The third-order valence-corrected chi connectivity index (χ3v) is 1.32. The van der Waals surface area contributed by atoms with Gasteiger partial charge in [0.15, 0.2) is 0 Å². The normalized spacial score (nSPS) is 11.2. The molecule has 0 aromatic rings. The van der Waals surface area contributed by atoms with Gasteiger partial charge in [0, 0.05) is 13.5 Å². The Hall–Kier alpha value is -1.07. The molecule has 0 unspecified atom stereocenters. The highest BCUT2D eigenvalue weighted by atomic mass is 19.4. The first-order chi connectivity index (χ1) is 5.78. The van der Waals surface area contributed by atoms with Gasteiger partial charge in [0.1, 0.15) is 6.54 Å². The van der Waals surface area contributed by atoms with Crippen molar-refractivity contribution in [1.82, 2.24) is 4.90 Å². The van der Waals surface area contributed by atoms with Gasteiger partial charge in [0.05, 0.1) is 0 Å². The van der Waals surface area contributed by atoms with Crippen molar-refractivity contribution in [3.05, 3.63) is 0 Å². The third kappa shape index (κ3) is 4.49. The van der Waals surface area contributed by atoms with Gasteiger partial charge in [0.2, 0.25) is 5.78 Å². The van der Waals surface area contributed by atoms with E-state index in [9.17, 15) is 22.8 Å². The van der Waals surface area contributed by atoms with Crippen LogP contribution in [-0.2, 0) is 9.59 Å². The molecule has 0 aromatic carbocycles. The zero-order chi connectivity index (χ0) is 10.6. The number of carbonyl (C=O) groups is 2. The number of amides is 1. The zero-order valence-electron chi connectivity index (χ0n) is 7.31. The summed E-state index contributed by atoms with van der Waals surface area (Å²) in [6.07, 6.45) is -4.54. The molecule has 0 aliphatic heterocycles. The molecular weight excluding hydrogens is 187 g/mol. The van der Waals surface area contributed by atoms with Crippen LogP contribution in [0.2, 0.25) is 0 Å². The van der Waals surface area contributed by atoms with Crippen LogP contribution in [0.3, 0.4) is 0 Å². The van der Waals surface area contributed by atoms with E-state index in [1.165, 1.54) is 6.92 Å². The summed E-state index contributed by atoms with van der Waals surface area (Å²) >= 11 is 0. The number of ketones is 1. The molecule has 1 amide bonds. The van der Waals surface area contributed by atoms with Crippen LogP contribution in [0.15, 0.2) is 0 Å². The Balaban J connectivity index is 4.20. The number of carbonyl (C=O) groups excluding carboxylic acids is 2. The van der Waals surface area contributed by atoms with Gasteiger partial charge in [-0.1, -0.05) is 6.92 Å². The molecule has 0 aliphatic rings. The number of hydrogen-bond donors (Lipinski definition) is 0. The van der Waals surface area contributed by atoms with Crippen LogP contribution in [0.1, 0.15) is 13.3 Å². The maximum Gasteiger partial charge on any atom is 0.406 e. The maximum absolute atomic E-state index is 11.7. The average molecular weight is 197 g/mol. The Labute approximate surface area is 73.5 Å². The van der Waals surface area contributed by atoms with Gasteiger partial charge in [-0.25, -0.2) is 0 Å². The fraction of sp³-hybridized carbons (Fsp3) is 0.714. The van der Waals surface area contributed by atoms with Crippen molar-refractivity contribution >= 4 is 11.7 Å². The number of nitrogens with zero attached hydrogens (tertiary/aromatic N) is 1. The zero-order valence-corrected chi connectivity index (χ0v) is 7.31. The Morgan fingerprint density at radius 1 is 1.31 bits per heavy atom. The molecule has 3 nitrogen and oxygen atoms in total. The number of hydrogen-bond acceptors (Lipinski definition) is 2. The molecule has 76 valence electrons. The van der Waals surface area contributed by atoms with Gasteiger partial charge in [-0.15, -0.1) is 0 Å². The van der Waals surface area contributed by atoms with Gasteiger partial charge < -0.3 is 4.90 Å². The van der Waals surface area contributed by atoms with Gasteiger partial charge in [-0.05, 0) is 0 Å². The van der Waals surface area contributed by atoms with Crippen LogP contribution in [0, 0.1) is 0 Å². The second-order valence-electron chi connectivity index (χ2n) is 2.55. The molecule has 0 saturated carbocycles. The Morgan fingerprint density at radius 3 is 2.08 bits per heavy atom. The Morgan fingerprint density at radius 2 is 1.77 bits per heavy atom. The van der Waals surface area contributed by atoms with E-state index in [-0.39, 0.29) is 6.42 Å². The molecule has 0 atom stereocenters. The largest absolute Gasteiger partial charge is 0.406 e. The van der Waals surface area contributed by atoms with Crippen LogP contribution in [0.25, 0.3) is 0 Å². The minimum atomic E-state index is -4.46. The highest BCUT2D eigenvalue weighted by Crippen LogP contribution is 2.15. The average Bonchev–Trinajstić information content (AvgIpc) is 1.98. The lowest BCUT2D eigenvalue weighted by Gasteiger charge is -2.17. The van der Waals surface area contributed by atoms with Crippen molar-refractivity contribution in [2.75, 3.05) is 13.6 Å². The molecule has 0 N–H and O–H groups in total. The SMILES string of the molecule is CCC(=O)C(=O)N(C)CC(F)(F)F. The van der Waals surface area contributed by atoms with Gasteiger partial charge in [0.25, 0.3) is 5.91 Å². The summed E-state index contributed by atoms with van der Waals surface area (Å²) in [7, 11) is 0.948. The maximum atomic E-state index is 11.7. The summed E-state index contributed by atoms with van der Waals surface area (Å²) in [4.78, 5) is 21.9. The molecule has 0 radical (unpaired) electrons. The number of halogens is 3. The van der Waals surface area contributed by atoms with E-state index >= 15 is 0 Å². The van der Waals surface area contributed by atoms with Gasteiger partial charge in [-0.3, -0.25) is 9.59 Å². The molecule has 13 heavy (non-hydrogen) atoms. The number of Topliss-reactive ketones (excluding diaryl/α,β-unsaturated/α-hetero) is 1. The third-order valence-electron chi connectivity index (χ3n) is 1.32.